The van der Waals surface area contributed by atoms with Crippen molar-refractivity contribution < 1.29 is 0 Å². The Bertz CT molecular complexity index is 1120. The second-order valence-corrected chi connectivity index (χ2v) is 7.38. The van der Waals surface area contributed by atoms with Crippen LogP contribution in [0.3, 0.4) is 0 Å². The molecule has 0 atom stereocenters. The number of aromatic nitrogens is 7. The molecule has 1 aliphatic rings. The Morgan fingerprint density at radius 3 is 2.37 bits per heavy atom. The smallest absolute Gasteiger partial charge is 0.229 e. The van der Waals surface area contributed by atoms with Gasteiger partial charge in [0.15, 0.2) is 5.65 Å². The fourth-order valence-corrected chi connectivity index (χ4v) is 3.61. The number of nitrogens with zero attached hydrogens (tertiary/aromatic N) is 7. The van der Waals surface area contributed by atoms with Crippen LogP contribution in [0.2, 0.25) is 0 Å². The van der Waals surface area contributed by atoms with E-state index >= 15 is 0 Å². The van der Waals surface area contributed by atoms with Crippen LogP contribution in [0.4, 0.5) is 17.7 Å². The zero-order valence-corrected chi connectivity index (χ0v) is 16.3. The summed E-state index contributed by atoms with van der Waals surface area (Å²) in [5, 5.41) is 11.2. The molecule has 0 bridgehead atoms. The van der Waals surface area contributed by atoms with Gasteiger partial charge in [0, 0.05) is 42.4 Å². The van der Waals surface area contributed by atoms with Crippen molar-refractivity contribution in [2.75, 3.05) is 10.6 Å². The molecule has 0 unspecified atom stereocenters. The highest BCUT2D eigenvalue weighted by Crippen LogP contribution is 2.23. The van der Waals surface area contributed by atoms with Gasteiger partial charge in [-0.15, -0.1) is 5.10 Å². The predicted molar refractivity (Wildman–Crippen MR) is 113 cm³/mol. The van der Waals surface area contributed by atoms with Crippen LogP contribution in [0.15, 0.2) is 49.2 Å². The number of imidazole rings is 1. The van der Waals surface area contributed by atoms with E-state index in [9.17, 15) is 0 Å². The van der Waals surface area contributed by atoms with Crippen molar-refractivity contribution in [3.63, 3.8) is 0 Å². The number of rotatable bonds is 5. The molecule has 5 rings (SSSR count). The normalized spacial score (nSPS) is 19.0. The summed E-state index contributed by atoms with van der Waals surface area (Å²) in [6.45, 7) is 0. The van der Waals surface area contributed by atoms with Crippen molar-refractivity contribution in [1.29, 1.82) is 0 Å². The van der Waals surface area contributed by atoms with E-state index in [0.29, 0.717) is 24.0 Å². The fourth-order valence-electron chi connectivity index (χ4n) is 3.61. The second kappa shape index (κ2) is 7.99. The molecule has 4 heterocycles. The number of nitrogens with two attached hydrogens (primary N) is 1. The highest BCUT2D eigenvalue weighted by atomic mass is 15.3. The first-order chi connectivity index (χ1) is 14.7. The molecule has 4 N–H and O–H groups in total. The predicted octanol–water partition coefficient (Wildman–Crippen LogP) is 2.40. The molecule has 1 aliphatic carbocycles. The molecular weight excluding hydrogens is 380 g/mol. The number of anilines is 3. The lowest BCUT2D eigenvalue weighted by Crippen LogP contribution is -2.33. The molecule has 10 heteroatoms. The Morgan fingerprint density at radius 1 is 0.867 bits per heavy atom. The van der Waals surface area contributed by atoms with Crippen molar-refractivity contribution in [2.24, 2.45) is 5.73 Å². The summed E-state index contributed by atoms with van der Waals surface area (Å²) in [7, 11) is 0. The average molecular weight is 402 g/mol. The maximum atomic E-state index is 6.01. The van der Waals surface area contributed by atoms with Crippen molar-refractivity contribution in [3.05, 3.63) is 49.2 Å². The van der Waals surface area contributed by atoms with Gasteiger partial charge in [-0.2, -0.15) is 0 Å². The Balaban J connectivity index is 1.36. The van der Waals surface area contributed by atoms with E-state index in [-0.39, 0.29) is 0 Å². The molecule has 1 saturated carbocycles. The van der Waals surface area contributed by atoms with Crippen molar-refractivity contribution in [3.8, 4) is 11.3 Å². The molecule has 1 fully saturated rings. The molecule has 4 aromatic rings. The van der Waals surface area contributed by atoms with E-state index in [4.69, 9.17) is 10.8 Å². The first kappa shape index (κ1) is 18.4. The third-order valence-corrected chi connectivity index (χ3v) is 5.22. The highest BCUT2D eigenvalue weighted by Gasteiger charge is 2.19. The van der Waals surface area contributed by atoms with Gasteiger partial charge in [-0.25, -0.2) is 29.4 Å². The first-order valence-electron chi connectivity index (χ1n) is 9.98. The van der Waals surface area contributed by atoms with E-state index in [1.807, 2.05) is 16.6 Å². The highest BCUT2D eigenvalue weighted by molar-refractivity contribution is 5.63. The Morgan fingerprint density at radius 2 is 1.60 bits per heavy atom. The monoisotopic (exact) mass is 402 g/mol. The largest absolute Gasteiger partial charge is 0.366 e. The number of hydrogen-bond acceptors (Lipinski definition) is 9. The van der Waals surface area contributed by atoms with Crippen LogP contribution < -0.4 is 16.4 Å². The molecule has 4 aromatic heterocycles. The Kier molecular flexibility index (Phi) is 4.89. The van der Waals surface area contributed by atoms with E-state index < -0.39 is 0 Å². The maximum absolute atomic E-state index is 6.01. The minimum absolute atomic E-state index is 0.324. The Labute approximate surface area is 173 Å². The number of nitrogens with one attached hydrogen (secondary N) is 2. The summed E-state index contributed by atoms with van der Waals surface area (Å²) in [5.74, 6) is 1.69. The molecule has 0 amide bonds. The van der Waals surface area contributed by atoms with Crippen molar-refractivity contribution in [2.45, 2.75) is 37.8 Å². The lowest BCUT2D eigenvalue weighted by molar-refractivity contribution is 0.410. The average Bonchev–Trinajstić information content (AvgIpc) is 3.20. The fraction of sp³-hybridized carbons (Fsp3) is 0.300. The van der Waals surface area contributed by atoms with Gasteiger partial charge in [-0.05, 0) is 43.9 Å². The first-order valence-corrected chi connectivity index (χ1v) is 9.98. The van der Waals surface area contributed by atoms with Gasteiger partial charge in [0.1, 0.15) is 5.82 Å². The molecule has 0 saturated heterocycles. The van der Waals surface area contributed by atoms with Crippen molar-refractivity contribution >= 4 is 23.4 Å². The van der Waals surface area contributed by atoms with Gasteiger partial charge < -0.3 is 11.1 Å². The van der Waals surface area contributed by atoms with Crippen LogP contribution >= 0.6 is 0 Å². The van der Waals surface area contributed by atoms with E-state index in [0.717, 1.165) is 48.4 Å². The van der Waals surface area contributed by atoms with Gasteiger partial charge >= 0.3 is 0 Å². The van der Waals surface area contributed by atoms with Crippen LogP contribution in [0, 0.1) is 0 Å². The van der Waals surface area contributed by atoms with Crippen LogP contribution in [-0.4, -0.2) is 46.6 Å². The lowest BCUT2D eigenvalue weighted by Gasteiger charge is -2.27. The minimum atomic E-state index is 0.324. The summed E-state index contributed by atoms with van der Waals surface area (Å²) in [5.41, 5.74) is 8.41. The topological polar surface area (TPSA) is 132 Å². The van der Waals surface area contributed by atoms with Crippen LogP contribution in [-0.2, 0) is 0 Å². The molecule has 10 nitrogen and oxygen atoms in total. The van der Waals surface area contributed by atoms with Crippen LogP contribution in [0.5, 0.6) is 0 Å². The third-order valence-electron chi connectivity index (χ3n) is 5.22. The van der Waals surface area contributed by atoms with Gasteiger partial charge in [0.25, 0.3) is 0 Å². The summed E-state index contributed by atoms with van der Waals surface area (Å²) < 4.78 is 1.81. The molecule has 30 heavy (non-hydrogen) atoms. The molecule has 0 aromatic carbocycles. The summed E-state index contributed by atoms with van der Waals surface area (Å²) in [6, 6.07) is 6.39. The zero-order valence-electron chi connectivity index (χ0n) is 16.3. The van der Waals surface area contributed by atoms with Gasteiger partial charge in [-0.3, -0.25) is 5.32 Å². The molecular formula is C20H22N10. The second-order valence-electron chi connectivity index (χ2n) is 7.38. The van der Waals surface area contributed by atoms with Crippen molar-refractivity contribution in [1.82, 2.24) is 34.5 Å². The standard InChI is InChI=1S/C20H22N10/c21-14-2-4-15(5-3-14)27-17-6-7-18-24-12-16(30(18)29-17)13-10-25-20(26-11-13)28-19-22-8-1-9-23-19/h1,6-12,14-15H,2-5,21H2,(H,27,29)(H,22,23,25,26,28). The van der Waals surface area contributed by atoms with E-state index in [2.05, 4.69) is 35.6 Å². The number of fused-ring (bicyclic) bond motifs is 1. The van der Waals surface area contributed by atoms with Gasteiger partial charge in [0.2, 0.25) is 11.9 Å². The lowest BCUT2D eigenvalue weighted by atomic mass is 9.92. The third kappa shape index (κ3) is 3.90. The minimum Gasteiger partial charge on any atom is -0.366 e. The van der Waals surface area contributed by atoms with Crippen LogP contribution in [0.1, 0.15) is 25.7 Å². The summed E-state index contributed by atoms with van der Waals surface area (Å²) >= 11 is 0. The SMILES string of the molecule is NC1CCC(Nc2ccc3ncc(-c4cnc(Nc5ncccn5)nc4)n3n2)CC1. The summed E-state index contributed by atoms with van der Waals surface area (Å²) in [6.07, 6.45) is 12.7. The van der Waals surface area contributed by atoms with E-state index in [1.165, 1.54) is 0 Å². The summed E-state index contributed by atoms with van der Waals surface area (Å²) in [4.78, 5) is 21.4. The number of hydrogen-bond donors (Lipinski definition) is 3. The molecule has 0 spiro atoms. The van der Waals surface area contributed by atoms with Crippen LogP contribution in [0.25, 0.3) is 16.9 Å². The van der Waals surface area contributed by atoms with E-state index in [1.54, 1.807) is 37.1 Å². The maximum Gasteiger partial charge on any atom is 0.229 e. The molecule has 0 radical (unpaired) electrons. The quantitative estimate of drug-likeness (QED) is 0.460. The van der Waals surface area contributed by atoms with Gasteiger partial charge in [0.05, 0.1) is 11.9 Å². The Hall–Kier alpha value is -3.66. The molecule has 152 valence electrons. The molecule has 0 aliphatic heterocycles. The zero-order chi connectivity index (χ0) is 20.3. The van der Waals surface area contributed by atoms with Gasteiger partial charge in [-0.1, -0.05) is 0 Å².